The molecule has 9 heteroatoms. The van der Waals surface area contributed by atoms with Gasteiger partial charge in [0.15, 0.2) is 0 Å². The van der Waals surface area contributed by atoms with E-state index in [4.69, 9.17) is 27.6 Å². The van der Waals surface area contributed by atoms with Crippen LogP contribution in [0.2, 0.25) is 0 Å². The van der Waals surface area contributed by atoms with E-state index in [1.54, 1.807) is 31.2 Å². The smallest absolute Gasteiger partial charge is 0.270 e. The van der Waals surface area contributed by atoms with Crippen molar-refractivity contribution in [1.29, 1.82) is 0 Å². The first-order valence-electron chi connectivity index (χ1n) is 7.29. The van der Waals surface area contributed by atoms with Gasteiger partial charge in [0.1, 0.15) is 15.9 Å². The van der Waals surface area contributed by atoms with Crippen LogP contribution in [0.4, 0.5) is 5.69 Å². The molecule has 1 aliphatic rings. The Morgan fingerprint density at radius 2 is 2.12 bits per heavy atom. The molecule has 0 spiro atoms. The Morgan fingerprint density at radius 1 is 1.40 bits per heavy atom. The molecule has 1 aromatic heterocycles. The Kier molecular flexibility index (Phi) is 4.30. The molecule has 1 fully saturated rings. The summed E-state index contributed by atoms with van der Waals surface area (Å²) in [6.45, 7) is 1.66. The monoisotopic (exact) mass is 381 g/mol. The third-order valence-corrected chi connectivity index (χ3v) is 5.19. The number of carbonyl (C=O) groups excluding carboxylic acids is 1. The van der Waals surface area contributed by atoms with Gasteiger partial charge in [-0.25, -0.2) is 5.43 Å². The standard InChI is InChI=1S/C16H13Cl2N3O4/c1-15(9-16(15,17)18)14(22)20-19-8-12-5-6-13(25-12)10-3-2-4-11(7-10)21(23)24/h2-8H,9H2,1H3,(H,20,22)/b19-8+. The van der Waals surface area contributed by atoms with Crippen LogP contribution in [0.5, 0.6) is 0 Å². The number of furan rings is 1. The maximum absolute atomic E-state index is 12.0. The predicted molar refractivity (Wildman–Crippen MR) is 93.7 cm³/mol. The highest BCUT2D eigenvalue weighted by Crippen LogP contribution is 2.63. The molecule has 7 nitrogen and oxygen atoms in total. The molecule has 0 radical (unpaired) electrons. The normalized spacial score (nSPS) is 21.2. The lowest BCUT2D eigenvalue weighted by atomic mass is 10.1. The van der Waals surface area contributed by atoms with Gasteiger partial charge in [-0.1, -0.05) is 12.1 Å². The minimum atomic E-state index is -1.06. The van der Waals surface area contributed by atoms with Crippen LogP contribution in [-0.4, -0.2) is 21.4 Å². The Bertz CT molecular complexity index is 878. The molecule has 2 aromatic rings. The number of nitro benzene ring substituents is 1. The molecule has 1 heterocycles. The number of amides is 1. The molecule has 130 valence electrons. The summed E-state index contributed by atoms with van der Waals surface area (Å²) in [5.41, 5.74) is 2.06. The Morgan fingerprint density at radius 3 is 2.76 bits per heavy atom. The molecule has 1 unspecified atom stereocenters. The maximum Gasteiger partial charge on any atom is 0.270 e. The number of hydrogen-bond donors (Lipinski definition) is 1. The van der Waals surface area contributed by atoms with E-state index >= 15 is 0 Å². The molecule has 1 aromatic carbocycles. The number of nitrogens with zero attached hydrogens (tertiary/aromatic N) is 2. The van der Waals surface area contributed by atoms with Gasteiger partial charge in [0.2, 0.25) is 5.91 Å². The van der Waals surface area contributed by atoms with Crippen LogP contribution in [0.1, 0.15) is 19.1 Å². The van der Waals surface area contributed by atoms with Crippen LogP contribution in [0, 0.1) is 15.5 Å². The lowest BCUT2D eigenvalue weighted by molar-refractivity contribution is -0.384. The summed E-state index contributed by atoms with van der Waals surface area (Å²) in [5, 5.41) is 14.6. The fraction of sp³-hybridized carbons (Fsp3) is 0.250. The zero-order valence-electron chi connectivity index (χ0n) is 13.0. The van der Waals surface area contributed by atoms with Gasteiger partial charge < -0.3 is 4.42 Å². The number of nitro groups is 1. The van der Waals surface area contributed by atoms with Crippen molar-refractivity contribution < 1.29 is 14.1 Å². The summed E-state index contributed by atoms with van der Waals surface area (Å²) in [7, 11) is 0. The number of carbonyl (C=O) groups is 1. The van der Waals surface area contributed by atoms with E-state index in [1.807, 2.05) is 0 Å². The van der Waals surface area contributed by atoms with Crippen molar-refractivity contribution in [2.75, 3.05) is 0 Å². The van der Waals surface area contributed by atoms with Gasteiger partial charge in [-0.05, 0) is 25.5 Å². The quantitative estimate of drug-likeness (QED) is 0.367. The van der Waals surface area contributed by atoms with E-state index in [0.29, 0.717) is 23.5 Å². The second kappa shape index (κ2) is 6.16. The summed E-state index contributed by atoms with van der Waals surface area (Å²) >= 11 is 11.9. The number of hydrogen-bond acceptors (Lipinski definition) is 5. The van der Waals surface area contributed by atoms with Crippen LogP contribution in [0.3, 0.4) is 0 Å². The minimum Gasteiger partial charge on any atom is -0.455 e. The molecule has 1 N–H and O–H groups in total. The molecule has 1 atom stereocenters. The van der Waals surface area contributed by atoms with Crippen molar-refractivity contribution in [1.82, 2.24) is 5.43 Å². The predicted octanol–water partition coefficient (Wildman–Crippen LogP) is 3.89. The van der Waals surface area contributed by atoms with Gasteiger partial charge in [0.25, 0.3) is 5.69 Å². The highest BCUT2D eigenvalue weighted by molar-refractivity contribution is 6.53. The van der Waals surface area contributed by atoms with Gasteiger partial charge in [0, 0.05) is 17.7 Å². The first-order valence-corrected chi connectivity index (χ1v) is 8.04. The summed E-state index contributed by atoms with van der Waals surface area (Å²) in [6, 6.07) is 9.38. The Labute approximate surface area is 152 Å². The maximum atomic E-state index is 12.0. The van der Waals surface area contributed by atoms with Crippen LogP contribution in [0.25, 0.3) is 11.3 Å². The SMILES string of the molecule is CC1(C(=O)N/N=C/c2ccc(-c3cccc([N+](=O)[O-])c3)o2)CC1(Cl)Cl. The van der Waals surface area contributed by atoms with Gasteiger partial charge in [-0.2, -0.15) is 5.10 Å². The number of benzene rings is 1. The molecule has 1 amide bonds. The molecule has 25 heavy (non-hydrogen) atoms. The number of halogens is 2. The van der Waals surface area contributed by atoms with Gasteiger partial charge >= 0.3 is 0 Å². The first-order chi connectivity index (χ1) is 11.7. The molecular weight excluding hydrogens is 369 g/mol. The van der Waals surface area contributed by atoms with Gasteiger partial charge in [-0.3, -0.25) is 14.9 Å². The summed E-state index contributed by atoms with van der Waals surface area (Å²) in [5.74, 6) is 0.455. The topological polar surface area (TPSA) is 97.7 Å². The first kappa shape index (κ1) is 17.4. The van der Waals surface area contributed by atoms with Crippen molar-refractivity contribution in [3.05, 3.63) is 52.3 Å². The van der Waals surface area contributed by atoms with E-state index in [-0.39, 0.29) is 11.6 Å². The average Bonchev–Trinajstić information content (AvgIpc) is 2.90. The Balaban J connectivity index is 1.67. The van der Waals surface area contributed by atoms with Crippen molar-refractivity contribution in [2.24, 2.45) is 10.5 Å². The number of alkyl halides is 2. The fourth-order valence-corrected chi connectivity index (χ4v) is 2.98. The minimum absolute atomic E-state index is 0.0281. The van der Waals surface area contributed by atoms with Crippen molar-refractivity contribution in [2.45, 2.75) is 17.7 Å². The number of rotatable bonds is 5. The van der Waals surface area contributed by atoms with E-state index in [1.165, 1.54) is 18.3 Å². The van der Waals surface area contributed by atoms with E-state index in [2.05, 4.69) is 10.5 Å². The zero-order valence-corrected chi connectivity index (χ0v) is 14.5. The molecule has 1 saturated carbocycles. The molecular formula is C16H13Cl2N3O4. The van der Waals surface area contributed by atoms with Gasteiger partial charge in [0.05, 0.1) is 16.6 Å². The lowest BCUT2D eigenvalue weighted by Crippen LogP contribution is -2.29. The second-order valence-corrected chi connectivity index (χ2v) is 7.41. The average molecular weight is 382 g/mol. The number of non-ortho nitro benzene ring substituents is 1. The molecule has 0 saturated heterocycles. The lowest BCUT2D eigenvalue weighted by Gasteiger charge is -2.08. The summed E-state index contributed by atoms with van der Waals surface area (Å²) in [4.78, 5) is 22.3. The third-order valence-electron chi connectivity index (χ3n) is 4.09. The van der Waals surface area contributed by atoms with Crippen molar-refractivity contribution >= 4 is 41.0 Å². The summed E-state index contributed by atoms with van der Waals surface area (Å²) in [6.07, 6.45) is 1.69. The third kappa shape index (κ3) is 3.38. The van der Waals surface area contributed by atoms with Crippen LogP contribution >= 0.6 is 23.2 Å². The molecule has 3 rings (SSSR count). The molecule has 0 aliphatic heterocycles. The summed E-state index contributed by atoms with van der Waals surface area (Å²) < 4.78 is 4.49. The Hall–Kier alpha value is -2.38. The van der Waals surface area contributed by atoms with E-state index in [0.717, 1.165) is 0 Å². The van der Waals surface area contributed by atoms with Crippen LogP contribution in [-0.2, 0) is 4.79 Å². The van der Waals surface area contributed by atoms with Crippen LogP contribution < -0.4 is 5.43 Å². The fourth-order valence-electron chi connectivity index (χ4n) is 2.27. The second-order valence-electron chi connectivity index (χ2n) is 5.92. The zero-order chi connectivity index (χ0) is 18.2. The molecule has 0 bridgehead atoms. The van der Waals surface area contributed by atoms with E-state index in [9.17, 15) is 14.9 Å². The van der Waals surface area contributed by atoms with Gasteiger partial charge in [-0.15, -0.1) is 23.2 Å². The highest BCUT2D eigenvalue weighted by atomic mass is 35.5. The number of hydrazone groups is 1. The highest BCUT2D eigenvalue weighted by Gasteiger charge is 2.68. The van der Waals surface area contributed by atoms with Crippen molar-refractivity contribution in [3.63, 3.8) is 0 Å². The van der Waals surface area contributed by atoms with Crippen molar-refractivity contribution in [3.8, 4) is 11.3 Å². The number of nitrogens with one attached hydrogen (secondary N) is 1. The molecule has 1 aliphatic carbocycles. The van der Waals surface area contributed by atoms with E-state index < -0.39 is 14.7 Å². The van der Waals surface area contributed by atoms with Crippen LogP contribution in [0.15, 0.2) is 45.9 Å². The largest absolute Gasteiger partial charge is 0.455 e.